The molecule has 0 heterocycles. The van der Waals surface area contributed by atoms with Crippen molar-refractivity contribution in [3.05, 3.63) is 109 Å². The van der Waals surface area contributed by atoms with Crippen LogP contribution < -0.4 is 0 Å². The predicted octanol–water partition coefficient (Wildman–Crippen LogP) is 23.8. The third-order valence-corrected chi connectivity index (χ3v) is 14.7. The second-order valence-corrected chi connectivity index (χ2v) is 22.7. The van der Waals surface area contributed by atoms with E-state index in [0.29, 0.717) is 19.3 Å². The van der Waals surface area contributed by atoms with Crippen LogP contribution in [0.4, 0.5) is 0 Å². The van der Waals surface area contributed by atoms with E-state index < -0.39 is 6.10 Å². The average Bonchev–Trinajstić information content (AvgIpc) is 3.46. The van der Waals surface area contributed by atoms with Gasteiger partial charge in [0, 0.05) is 19.3 Å². The van der Waals surface area contributed by atoms with E-state index in [1.807, 2.05) is 0 Å². The Bertz CT molecular complexity index is 1620. The van der Waals surface area contributed by atoms with Crippen LogP contribution in [0.5, 0.6) is 0 Å². The zero-order chi connectivity index (χ0) is 58.5. The van der Waals surface area contributed by atoms with Crippen LogP contribution in [0, 0.1) is 0 Å². The van der Waals surface area contributed by atoms with Gasteiger partial charge in [-0.15, -0.1) is 0 Å². The highest BCUT2D eigenvalue weighted by Crippen LogP contribution is 2.17. The number of rotatable bonds is 62. The fourth-order valence-electron chi connectivity index (χ4n) is 9.66. The maximum absolute atomic E-state index is 12.9. The molecule has 81 heavy (non-hydrogen) atoms. The maximum Gasteiger partial charge on any atom is 0.306 e. The van der Waals surface area contributed by atoms with Crippen molar-refractivity contribution in [3.63, 3.8) is 0 Å². The van der Waals surface area contributed by atoms with Gasteiger partial charge in [-0.05, 0) is 122 Å². The minimum Gasteiger partial charge on any atom is -0.462 e. The molecule has 0 amide bonds. The smallest absolute Gasteiger partial charge is 0.306 e. The van der Waals surface area contributed by atoms with Crippen molar-refractivity contribution in [2.45, 2.75) is 335 Å². The molecule has 0 fully saturated rings. The molecule has 0 aromatic rings. The van der Waals surface area contributed by atoms with Gasteiger partial charge in [-0.2, -0.15) is 0 Å². The molecule has 6 heteroatoms. The number of carbonyl (C=O) groups is 3. The number of hydrogen-bond acceptors (Lipinski definition) is 6. The van der Waals surface area contributed by atoms with E-state index in [2.05, 4.69) is 130 Å². The molecular weight excluding hydrogens is 997 g/mol. The van der Waals surface area contributed by atoms with Crippen molar-refractivity contribution < 1.29 is 28.6 Å². The van der Waals surface area contributed by atoms with Crippen LogP contribution in [-0.2, 0) is 28.6 Å². The van der Waals surface area contributed by atoms with Crippen molar-refractivity contribution in [2.75, 3.05) is 13.2 Å². The first kappa shape index (κ1) is 77.1. The van der Waals surface area contributed by atoms with E-state index in [0.717, 1.165) is 128 Å². The summed E-state index contributed by atoms with van der Waals surface area (Å²) in [7, 11) is 0. The molecule has 464 valence electrons. The van der Waals surface area contributed by atoms with E-state index >= 15 is 0 Å². The SMILES string of the molecule is CC/C=C\C/C=C\C/C=C\C/C=C\CCCCCCC(=O)OC(COC(=O)CCCCC/C=C\C/C=C\C/C=C\CC)COC(=O)CCCCCCCCCCCCCCCCCCCCCCC/C=C\C/C=C\CCCCCCC. The van der Waals surface area contributed by atoms with Crippen LogP contribution in [-0.4, -0.2) is 37.2 Å². The van der Waals surface area contributed by atoms with E-state index in [4.69, 9.17) is 14.2 Å². The van der Waals surface area contributed by atoms with Crippen molar-refractivity contribution in [2.24, 2.45) is 0 Å². The van der Waals surface area contributed by atoms with Gasteiger partial charge in [0.25, 0.3) is 0 Å². The fourth-order valence-corrected chi connectivity index (χ4v) is 9.66. The number of carbonyl (C=O) groups excluding carboxylic acids is 3. The quantitative estimate of drug-likeness (QED) is 0.0261. The molecule has 0 aliphatic heterocycles. The summed E-state index contributed by atoms with van der Waals surface area (Å²) in [5.41, 5.74) is 0. The Morgan fingerprint density at radius 1 is 0.259 bits per heavy atom. The van der Waals surface area contributed by atoms with E-state index in [1.165, 1.54) is 161 Å². The Kier molecular flexibility index (Phi) is 65.2. The van der Waals surface area contributed by atoms with Crippen LogP contribution in [0.1, 0.15) is 329 Å². The highest BCUT2D eigenvalue weighted by Gasteiger charge is 2.19. The lowest BCUT2D eigenvalue weighted by Gasteiger charge is -2.18. The minimum atomic E-state index is -0.805. The van der Waals surface area contributed by atoms with Crippen molar-refractivity contribution >= 4 is 17.9 Å². The van der Waals surface area contributed by atoms with Crippen molar-refractivity contribution in [3.8, 4) is 0 Å². The fraction of sp³-hybridized carbons (Fsp3) is 0.720. The van der Waals surface area contributed by atoms with Crippen LogP contribution in [0.3, 0.4) is 0 Å². The molecule has 0 aromatic heterocycles. The zero-order valence-electron chi connectivity index (χ0n) is 53.3. The summed E-state index contributed by atoms with van der Waals surface area (Å²) < 4.78 is 16.9. The monoisotopic (exact) mass is 1120 g/mol. The van der Waals surface area contributed by atoms with Crippen LogP contribution >= 0.6 is 0 Å². The maximum atomic E-state index is 12.9. The van der Waals surface area contributed by atoms with Gasteiger partial charge in [-0.3, -0.25) is 14.4 Å². The first-order chi connectivity index (χ1) is 40.0. The van der Waals surface area contributed by atoms with E-state index in [9.17, 15) is 14.4 Å². The van der Waals surface area contributed by atoms with Gasteiger partial charge < -0.3 is 14.2 Å². The summed E-state index contributed by atoms with van der Waals surface area (Å²) in [6, 6.07) is 0. The van der Waals surface area contributed by atoms with Crippen molar-refractivity contribution in [1.82, 2.24) is 0 Å². The number of hydrogen-bond donors (Lipinski definition) is 0. The molecule has 0 N–H and O–H groups in total. The van der Waals surface area contributed by atoms with Gasteiger partial charge in [-0.25, -0.2) is 0 Å². The lowest BCUT2D eigenvalue weighted by molar-refractivity contribution is -0.167. The molecular formula is C75H128O6. The van der Waals surface area contributed by atoms with Crippen LogP contribution in [0.25, 0.3) is 0 Å². The largest absolute Gasteiger partial charge is 0.462 e. The van der Waals surface area contributed by atoms with Crippen molar-refractivity contribution in [1.29, 1.82) is 0 Å². The molecule has 0 spiro atoms. The van der Waals surface area contributed by atoms with E-state index in [-0.39, 0.29) is 31.1 Å². The third kappa shape index (κ3) is 66.8. The number of unbranched alkanes of at least 4 members (excludes halogenated alkanes) is 33. The van der Waals surface area contributed by atoms with Crippen LogP contribution in [0.15, 0.2) is 109 Å². The Morgan fingerprint density at radius 3 is 0.765 bits per heavy atom. The first-order valence-electron chi connectivity index (χ1n) is 34.4. The number of allylic oxidation sites excluding steroid dienone is 18. The minimum absolute atomic E-state index is 0.0963. The molecule has 0 saturated carbocycles. The summed E-state index contributed by atoms with van der Waals surface area (Å²) in [4.78, 5) is 38.3. The Hall–Kier alpha value is -3.93. The second-order valence-electron chi connectivity index (χ2n) is 22.7. The molecule has 1 atom stereocenters. The van der Waals surface area contributed by atoms with Gasteiger partial charge in [-0.1, -0.05) is 297 Å². The summed E-state index contributed by atoms with van der Waals surface area (Å²) in [5, 5.41) is 0. The van der Waals surface area contributed by atoms with Crippen LogP contribution in [0.2, 0.25) is 0 Å². The van der Waals surface area contributed by atoms with Gasteiger partial charge >= 0.3 is 17.9 Å². The average molecular weight is 1130 g/mol. The Labute approximate surface area is 501 Å². The molecule has 0 bridgehead atoms. The lowest BCUT2D eigenvalue weighted by atomic mass is 10.0. The van der Waals surface area contributed by atoms with Gasteiger partial charge in [0.2, 0.25) is 0 Å². The zero-order valence-corrected chi connectivity index (χ0v) is 53.3. The van der Waals surface area contributed by atoms with E-state index in [1.54, 1.807) is 0 Å². The summed E-state index contributed by atoms with van der Waals surface area (Å²) in [6.45, 7) is 6.38. The highest BCUT2D eigenvalue weighted by molar-refractivity contribution is 5.71. The third-order valence-electron chi connectivity index (χ3n) is 14.7. The number of ether oxygens (including phenoxy) is 3. The summed E-state index contributed by atoms with van der Waals surface area (Å²) in [6.07, 6.45) is 94.2. The van der Waals surface area contributed by atoms with Gasteiger partial charge in [0.15, 0.2) is 6.10 Å². The number of esters is 3. The molecule has 0 rings (SSSR count). The van der Waals surface area contributed by atoms with Gasteiger partial charge in [0.05, 0.1) is 0 Å². The topological polar surface area (TPSA) is 78.9 Å². The molecule has 0 aliphatic carbocycles. The lowest BCUT2D eigenvalue weighted by Crippen LogP contribution is -2.30. The molecule has 0 aliphatic rings. The highest BCUT2D eigenvalue weighted by atomic mass is 16.6. The molecule has 6 nitrogen and oxygen atoms in total. The normalized spacial score (nSPS) is 12.8. The Morgan fingerprint density at radius 2 is 0.481 bits per heavy atom. The standard InChI is InChI=1S/C75H128O6/c1-4-7-10-13-16-19-22-25-27-29-30-31-32-33-34-35-36-37-38-39-40-41-42-43-44-46-47-50-53-56-59-62-65-68-74(77)80-71-72(70-79-73(76)67-64-61-58-55-52-49-24-21-18-15-12-9-6-3)81-75(78)69-66-63-60-57-54-51-48-45-28-26-23-20-17-14-11-8-5-2/h8-9,11-12,17-18,20-22,25-26,28-30,48-49,51-52,72H,4-7,10,13-16,19,23-24,27,31-47,50,53-71H2,1-3H3/b11-8-,12-9-,20-17-,21-18-,25-22-,28-26-,30-29-,51-48-,52-49-. The van der Waals surface area contributed by atoms with Gasteiger partial charge in [0.1, 0.15) is 13.2 Å². The predicted molar refractivity (Wildman–Crippen MR) is 353 cm³/mol. The Balaban J connectivity index is 4.18. The molecule has 0 aromatic carbocycles. The first-order valence-corrected chi connectivity index (χ1v) is 34.4. The summed E-state index contributed by atoms with van der Waals surface area (Å²) in [5.74, 6) is -0.942. The molecule has 1 unspecified atom stereocenters. The molecule has 0 saturated heterocycles. The molecule has 0 radical (unpaired) electrons. The summed E-state index contributed by atoms with van der Waals surface area (Å²) >= 11 is 0. The second kappa shape index (κ2) is 68.6.